The van der Waals surface area contributed by atoms with Gasteiger partial charge in [0.15, 0.2) is 5.15 Å². The van der Waals surface area contributed by atoms with Gasteiger partial charge in [0.05, 0.1) is 13.5 Å². The fourth-order valence-electron chi connectivity index (χ4n) is 3.63. The number of hydrogen-bond acceptors (Lipinski definition) is 5. The number of aromatic nitrogens is 3. The van der Waals surface area contributed by atoms with E-state index in [1.165, 1.54) is 17.9 Å². The third-order valence-corrected chi connectivity index (χ3v) is 5.85. The Hall–Kier alpha value is -2.93. The van der Waals surface area contributed by atoms with Gasteiger partial charge in [-0.3, -0.25) is 4.79 Å². The number of hydrogen-bond donors (Lipinski definition) is 0. The molecular formula is C23H23ClFN3O3. The van der Waals surface area contributed by atoms with E-state index in [0.29, 0.717) is 23.8 Å². The van der Waals surface area contributed by atoms with Crippen LogP contribution in [0.25, 0.3) is 5.69 Å². The largest absolute Gasteiger partial charge is 0.487 e. The van der Waals surface area contributed by atoms with Crippen molar-refractivity contribution < 1.29 is 18.7 Å². The lowest BCUT2D eigenvalue weighted by Gasteiger charge is -2.16. The summed E-state index contributed by atoms with van der Waals surface area (Å²) in [5.74, 6) is 0.599. The number of benzene rings is 2. The predicted molar refractivity (Wildman–Crippen MR) is 114 cm³/mol. The summed E-state index contributed by atoms with van der Waals surface area (Å²) in [7, 11) is 1.41. The van der Waals surface area contributed by atoms with Gasteiger partial charge >= 0.3 is 5.97 Å². The Morgan fingerprint density at radius 1 is 1.29 bits per heavy atom. The zero-order valence-corrected chi connectivity index (χ0v) is 18.1. The topological polar surface area (TPSA) is 66.2 Å². The average Bonchev–Trinajstić information content (AvgIpc) is 3.55. The molecule has 2 aromatic carbocycles. The molecule has 1 heterocycles. The van der Waals surface area contributed by atoms with E-state index in [-0.39, 0.29) is 29.3 Å². The minimum atomic E-state index is -0.436. The molecule has 1 atom stereocenters. The molecule has 1 aromatic heterocycles. The fraction of sp³-hybridized carbons (Fsp3) is 0.348. The maximum atomic E-state index is 14.2. The van der Waals surface area contributed by atoms with Gasteiger partial charge in [-0.25, -0.2) is 4.39 Å². The zero-order chi connectivity index (χ0) is 22.0. The summed E-state index contributed by atoms with van der Waals surface area (Å²) in [4.78, 5) is 11.8. The summed E-state index contributed by atoms with van der Waals surface area (Å²) >= 11 is 6.39. The third-order valence-electron chi connectivity index (χ3n) is 5.48. The highest BCUT2D eigenvalue weighted by Gasteiger charge is 2.34. The number of aryl methyl sites for hydroxylation is 1. The molecule has 162 valence electrons. The van der Waals surface area contributed by atoms with Gasteiger partial charge in [-0.15, -0.1) is 5.10 Å². The third kappa shape index (κ3) is 4.88. The van der Waals surface area contributed by atoms with Gasteiger partial charge in [0.1, 0.15) is 29.6 Å². The Bertz CT molecular complexity index is 1100. The standard InChI is InChI=1S/C23H23ClFN3O3/c1-14-6-9-19(25)21(10-14)28-23(24)20(26-27-28)13-31-17-5-3-4-16(11-17)18(15-7-8-15)12-22(29)30-2/h3-6,9-11,15,18H,7-8,12-13H2,1-2H3/t18-/m0/s1. The van der Waals surface area contributed by atoms with E-state index in [4.69, 9.17) is 21.1 Å². The van der Waals surface area contributed by atoms with E-state index in [1.54, 1.807) is 12.1 Å². The number of carbonyl (C=O) groups is 1. The molecule has 0 bridgehead atoms. The highest BCUT2D eigenvalue weighted by Crippen LogP contribution is 2.45. The van der Waals surface area contributed by atoms with Crippen molar-refractivity contribution in [1.82, 2.24) is 15.0 Å². The SMILES string of the molecule is COC(=O)C[C@H](c1cccc(OCc2nnn(-c3cc(C)ccc3F)c2Cl)c1)C1CC1. The number of ether oxygens (including phenoxy) is 2. The molecule has 1 fully saturated rings. The molecule has 1 aliphatic carbocycles. The van der Waals surface area contributed by atoms with Crippen LogP contribution in [0.15, 0.2) is 42.5 Å². The number of carbonyl (C=O) groups excluding carboxylic acids is 1. The lowest BCUT2D eigenvalue weighted by atomic mass is 9.91. The van der Waals surface area contributed by atoms with Crippen LogP contribution in [0, 0.1) is 18.7 Å². The average molecular weight is 444 g/mol. The molecule has 0 radical (unpaired) electrons. The molecular weight excluding hydrogens is 421 g/mol. The van der Waals surface area contributed by atoms with Crippen molar-refractivity contribution in [3.05, 3.63) is 70.3 Å². The van der Waals surface area contributed by atoms with Crippen LogP contribution in [0.5, 0.6) is 5.75 Å². The van der Waals surface area contributed by atoms with Gasteiger partial charge < -0.3 is 9.47 Å². The van der Waals surface area contributed by atoms with E-state index in [9.17, 15) is 9.18 Å². The van der Waals surface area contributed by atoms with Gasteiger partial charge in [0.25, 0.3) is 0 Å². The van der Waals surface area contributed by atoms with E-state index in [1.807, 2.05) is 31.2 Å². The highest BCUT2D eigenvalue weighted by molar-refractivity contribution is 6.30. The number of halogens is 2. The van der Waals surface area contributed by atoms with E-state index in [2.05, 4.69) is 10.3 Å². The summed E-state index contributed by atoms with van der Waals surface area (Å²) in [6, 6.07) is 12.4. The Kier molecular flexibility index (Phi) is 6.23. The first-order chi connectivity index (χ1) is 15.0. The maximum absolute atomic E-state index is 14.2. The maximum Gasteiger partial charge on any atom is 0.306 e. The minimum absolute atomic E-state index is 0.0841. The monoisotopic (exact) mass is 443 g/mol. The summed E-state index contributed by atoms with van der Waals surface area (Å²) in [6.45, 7) is 1.95. The molecule has 0 amide bonds. The van der Waals surface area contributed by atoms with Crippen molar-refractivity contribution in [3.63, 3.8) is 0 Å². The first kappa shape index (κ1) is 21.3. The molecule has 3 aromatic rings. The van der Waals surface area contributed by atoms with Crippen LogP contribution in [0.1, 0.15) is 42.0 Å². The predicted octanol–water partition coefficient (Wildman–Crippen LogP) is 5.00. The normalized spacial score (nSPS) is 14.3. The first-order valence-corrected chi connectivity index (χ1v) is 10.5. The van der Waals surface area contributed by atoms with Crippen LogP contribution in [0.3, 0.4) is 0 Å². The number of esters is 1. The van der Waals surface area contributed by atoms with Gasteiger partial charge in [0.2, 0.25) is 0 Å². The first-order valence-electron chi connectivity index (χ1n) is 10.1. The van der Waals surface area contributed by atoms with Crippen molar-refractivity contribution in [2.45, 2.75) is 38.7 Å². The van der Waals surface area contributed by atoms with Crippen molar-refractivity contribution >= 4 is 17.6 Å². The van der Waals surface area contributed by atoms with Gasteiger partial charge in [-0.1, -0.05) is 35.0 Å². The second-order valence-electron chi connectivity index (χ2n) is 7.78. The molecule has 0 N–H and O–H groups in total. The van der Waals surface area contributed by atoms with E-state index < -0.39 is 5.82 Å². The summed E-state index contributed by atoms with van der Waals surface area (Å²) in [5.41, 5.74) is 2.57. The quantitative estimate of drug-likeness (QED) is 0.458. The van der Waals surface area contributed by atoms with Crippen LogP contribution in [-0.4, -0.2) is 28.1 Å². The smallest absolute Gasteiger partial charge is 0.306 e. The van der Waals surface area contributed by atoms with Crippen molar-refractivity contribution in [2.75, 3.05) is 7.11 Å². The highest BCUT2D eigenvalue weighted by atomic mass is 35.5. The number of nitrogens with zero attached hydrogens (tertiary/aromatic N) is 3. The fourth-order valence-corrected chi connectivity index (χ4v) is 3.85. The van der Waals surface area contributed by atoms with Crippen LogP contribution in [0.4, 0.5) is 4.39 Å². The number of rotatable bonds is 8. The molecule has 1 saturated carbocycles. The Labute approximate surface area is 184 Å². The molecule has 6 nitrogen and oxygen atoms in total. The van der Waals surface area contributed by atoms with Crippen molar-refractivity contribution in [3.8, 4) is 11.4 Å². The van der Waals surface area contributed by atoms with E-state index in [0.717, 1.165) is 24.0 Å². The molecule has 4 rings (SSSR count). The summed E-state index contributed by atoms with van der Waals surface area (Å²) in [5, 5.41) is 8.23. The minimum Gasteiger partial charge on any atom is -0.487 e. The van der Waals surface area contributed by atoms with Gasteiger partial charge in [-0.05, 0) is 67.0 Å². The van der Waals surface area contributed by atoms with E-state index >= 15 is 0 Å². The Balaban J connectivity index is 1.49. The van der Waals surface area contributed by atoms with Gasteiger partial charge in [-0.2, -0.15) is 4.68 Å². The molecule has 8 heteroatoms. The van der Waals surface area contributed by atoms with Crippen LogP contribution < -0.4 is 4.74 Å². The number of methoxy groups -OCH3 is 1. The van der Waals surface area contributed by atoms with Gasteiger partial charge in [0, 0.05) is 0 Å². The van der Waals surface area contributed by atoms with Crippen molar-refractivity contribution in [2.24, 2.45) is 5.92 Å². The summed E-state index contributed by atoms with van der Waals surface area (Å²) in [6.07, 6.45) is 2.58. The Morgan fingerprint density at radius 2 is 2.10 bits per heavy atom. The summed E-state index contributed by atoms with van der Waals surface area (Å²) < 4.78 is 26.2. The van der Waals surface area contributed by atoms with Crippen LogP contribution >= 0.6 is 11.6 Å². The molecule has 0 saturated heterocycles. The van der Waals surface area contributed by atoms with Crippen LogP contribution in [-0.2, 0) is 16.1 Å². The Morgan fingerprint density at radius 3 is 2.84 bits per heavy atom. The molecule has 0 aliphatic heterocycles. The second-order valence-corrected chi connectivity index (χ2v) is 8.14. The van der Waals surface area contributed by atoms with Crippen molar-refractivity contribution in [1.29, 1.82) is 0 Å². The van der Waals surface area contributed by atoms with Crippen LogP contribution in [0.2, 0.25) is 5.15 Å². The lowest BCUT2D eigenvalue weighted by molar-refractivity contribution is -0.141. The molecule has 0 spiro atoms. The molecule has 31 heavy (non-hydrogen) atoms. The molecule has 1 aliphatic rings. The lowest BCUT2D eigenvalue weighted by Crippen LogP contribution is -2.10. The second kappa shape index (κ2) is 9.06. The zero-order valence-electron chi connectivity index (χ0n) is 17.3. The molecule has 0 unspecified atom stereocenters.